The van der Waals surface area contributed by atoms with E-state index in [1.165, 1.54) is 4.90 Å². The van der Waals surface area contributed by atoms with E-state index in [4.69, 9.17) is 0 Å². The molecular weight excluding hydrogens is 362 g/mol. The summed E-state index contributed by atoms with van der Waals surface area (Å²) in [6.07, 6.45) is 7.37. The van der Waals surface area contributed by atoms with Crippen LogP contribution in [0, 0.1) is 0 Å². The van der Waals surface area contributed by atoms with Crippen molar-refractivity contribution in [1.82, 2.24) is 14.8 Å². The van der Waals surface area contributed by atoms with Crippen LogP contribution in [0.4, 0.5) is 4.79 Å². The third-order valence-corrected chi connectivity index (χ3v) is 6.03. The molecule has 2 heterocycles. The fourth-order valence-corrected chi connectivity index (χ4v) is 4.58. The third kappa shape index (κ3) is 3.64. The maximum atomic E-state index is 12.7. The lowest BCUT2D eigenvalue weighted by Crippen LogP contribution is -2.54. The largest absolute Gasteiger partial charge is 0.347 e. The molecule has 0 bridgehead atoms. The van der Waals surface area contributed by atoms with Crippen LogP contribution in [-0.4, -0.2) is 44.4 Å². The first-order valence-corrected chi connectivity index (χ1v) is 10.1. The van der Waals surface area contributed by atoms with Gasteiger partial charge in [0.05, 0.1) is 17.8 Å². The standard InChI is InChI=1S/C20H21N3O3S/c24-18-13-27-20(26)23(18)17-6-2-1-5-16(17)21-19(25)14-7-9-15(10-8-14)22-11-3-4-12-22/h3-4,7-12,16-17H,1-2,5-6,13H2,(H,21,25)/t16-,17+/m1/s1. The van der Waals surface area contributed by atoms with Crippen LogP contribution >= 0.6 is 11.8 Å². The molecule has 4 rings (SSSR count). The minimum absolute atomic E-state index is 0.146. The summed E-state index contributed by atoms with van der Waals surface area (Å²) in [5.74, 6) is -0.110. The summed E-state index contributed by atoms with van der Waals surface area (Å²) in [6, 6.07) is 10.9. The van der Waals surface area contributed by atoms with Crippen LogP contribution in [-0.2, 0) is 4.79 Å². The first-order chi connectivity index (χ1) is 13.1. The Hall–Kier alpha value is -2.54. The second-order valence-corrected chi connectivity index (χ2v) is 7.81. The molecule has 1 aliphatic carbocycles. The number of aromatic nitrogens is 1. The van der Waals surface area contributed by atoms with Crippen LogP contribution in [0.1, 0.15) is 36.0 Å². The Morgan fingerprint density at radius 3 is 2.41 bits per heavy atom. The zero-order valence-electron chi connectivity index (χ0n) is 14.8. The fourth-order valence-electron chi connectivity index (χ4n) is 3.82. The second-order valence-electron chi connectivity index (χ2n) is 6.89. The van der Waals surface area contributed by atoms with Crippen molar-refractivity contribution in [3.63, 3.8) is 0 Å². The van der Waals surface area contributed by atoms with Gasteiger partial charge in [0.15, 0.2) is 0 Å². The molecule has 2 aromatic rings. The van der Waals surface area contributed by atoms with Gasteiger partial charge in [-0.2, -0.15) is 0 Å². The Bertz CT molecular complexity index is 832. The van der Waals surface area contributed by atoms with E-state index in [1.807, 2.05) is 41.2 Å². The number of rotatable bonds is 4. The highest BCUT2D eigenvalue weighted by molar-refractivity contribution is 8.14. The van der Waals surface area contributed by atoms with Gasteiger partial charge in [-0.3, -0.25) is 19.3 Å². The number of carbonyl (C=O) groups excluding carboxylic acids is 3. The number of imide groups is 1. The maximum absolute atomic E-state index is 12.7. The van der Waals surface area contributed by atoms with E-state index in [1.54, 1.807) is 12.1 Å². The molecule has 6 nitrogen and oxygen atoms in total. The summed E-state index contributed by atoms with van der Waals surface area (Å²) in [6.45, 7) is 0. The van der Waals surface area contributed by atoms with Gasteiger partial charge in [0.1, 0.15) is 0 Å². The maximum Gasteiger partial charge on any atom is 0.289 e. The van der Waals surface area contributed by atoms with Gasteiger partial charge in [0.2, 0.25) is 5.91 Å². The lowest BCUT2D eigenvalue weighted by molar-refractivity contribution is -0.127. The zero-order chi connectivity index (χ0) is 18.8. The van der Waals surface area contributed by atoms with Crippen LogP contribution in [0.5, 0.6) is 0 Å². The summed E-state index contributed by atoms with van der Waals surface area (Å²) in [4.78, 5) is 38.3. The molecule has 1 saturated carbocycles. The molecule has 0 unspecified atom stereocenters. The molecule has 0 radical (unpaired) electrons. The van der Waals surface area contributed by atoms with Crippen molar-refractivity contribution in [3.05, 3.63) is 54.4 Å². The summed E-state index contributed by atoms with van der Waals surface area (Å²) in [5.41, 5.74) is 1.56. The van der Waals surface area contributed by atoms with Crippen LogP contribution < -0.4 is 5.32 Å². The monoisotopic (exact) mass is 383 g/mol. The minimum Gasteiger partial charge on any atom is -0.347 e. The number of thioether (sulfide) groups is 1. The number of hydrogen-bond acceptors (Lipinski definition) is 4. The number of benzene rings is 1. The SMILES string of the molecule is O=C(N[C@@H]1CCCC[C@@H]1N1C(=O)CSC1=O)c1ccc(-n2cccc2)cc1. The highest BCUT2D eigenvalue weighted by atomic mass is 32.2. The number of hydrogen-bond donors (Lipinski definition) is 1. The molecule has 0 spiro atoms. The Morgan fingerprint density at radius 1 is 1.04 bits per heavy atom. The average molecular weight is 383 g/mol. The van der Waals surface area contributed by atoms with E-state index in [-0.39, 0.29) is 34.9 Å². The lowest BCUT2D eigenvalue weighted by atomic mass is 9.89. The van der Waals surface area contributed by atoms with Gasteiger partial charge < -0.3 is 9.88 Å². The molecule has 7 heteroatoms. The minimum atomic E-state index is -0.239. The third-order valence-electron chi connectivity index (χ3n) is 5.19. The van der Waals surface area contributed by atoms with Gasteiger partial charge in [-0.25, -0.2) is 0 Å². The summed E-state index contributed by atoms with van der Waals surface area (Å²) >= 11 is 1.05. The van der Waals surface area contributed by atoms with Gasteiger partial charge in [-0.15, -0.1) is 0 Å². The molecule has 140 valence electrons. The Kier molecular flexibility index (Phi) is 5.03. The first kappa shape index (κ1) is 17.9. The van der Waals surface area contributed by atoms with Gasteiger partial charge in [0.25, 0.3) is 11.1 Å². The molecule has 1 aliphatic heterocycles. The molecule has 2 fully saturated rings. The molecule has 1 saturated heterocycles. The summed E-state index contributed by atoms with van der Waals surface area (Å²) in [7, 11) is 0. The molecule has 1 aromatic carbocycles. The van der Waals surface area contributed by atoms with Crippen LogP contribution in [0.3, 0.4) is 0 Å². The quantitative estimate of drug-likeness (QED) is 0.880. The van der Waals surface area contributed by atoms with Crippen molar-refractivity contribution in [2.45, 2.75) is 37.8 Å². The van der Waals surface area contributed by atoms with E-state index < -0.39 is 0 Å². The first-order valence-electron chi connectivity index (χ1n) is 9.16. The molecule has 3 amide bonds. The van der Waals surface area contributed by atoms with Crippen molar-refractivity contribution < 1.29 is 14.4 Å². The van der Waals surface area contributed by atoms with Gasteiger partial charge >= 0.3 is 0 Å². The predicted octanol–water partition coefficient (Wildman–Crippen LogP) is 3.21. The number of nitrogens with zero attached hydrogens (tertiary/aromatic N) is 2. The van der Waals surface area contributed by atoms with E-state index in [0.717, 1.165) is 43.1 Å². The van der Waals surface area contributed by atoms with Crippen LogP contribution in [0.15, 0.2) is 48.8 Å². The Balaban J connectivity index is 1.47. The molecular formula is C20H21N3O3S. The molecule has 2 atom stereocenters. The fraction of sp³-hybridized carbons (Fsp3) is 0.350. The number of nitrogens with one attached hydrogen (secondary N) is 1. The highest BCUT2D eigenvalue weighted by Gasteiger charge is 2.41. The molecule has 1 aromatic heterocycles. The second kappa shape index (κ2) is 7.60. The van der Waals surface area contributed by atoms with Crippen LogP contribution in [0.25, 0.3) is 5.69 Å². The van der Waals surface area contributed by atoms with Gasteiger partial charge in [0, 0.05) is 23.6 Å². The van der Waals surface area contributed by atoms with E-state index in [2.05, 4.69) is 5.32 Å². The molecule has 1 N–H and O–H groups in total. The Morgan fingerprint density at radius 2 is 1.74 bits per heavy atom. The summed E-state index contributed by atoms with van der Waals surface area (Å²) < 4.78 is 1.97. The van der Waals surface area contributed by atoms with Crippen molar-refractivity contribution in [3.8, 4) is 5.69 Å². The zero-order valence-corrected chi connectivity index (χ0v) is 15.7. The van der Waals surface area contributed by atoms with Crippen molar-refractivity contribution in [2.24, 2.45) is 0 Å². The number of amides is 3. The van der Waals surface area contributed by atoms with Crippen LogP contribution in [0.2, 0.25) is 0 Å². The molecule has 27 heavy (non-hydrogen) atoms. The normalized spacial score (nSPS) is 22.9. The van der Waals surface area contributed by atoms with Crippen molar-refractivity contribution in [1.29, 1.82) is 0 Å². The van der Waals surface area contributed by atoms with Gasteiger partial charge in [-0.1, -0.05) is 24.6 Å². The van der Waals surface area contributed by atoms with E-state index >= 15 is 0 Å². The number of carbonyl (C=O) groups is 3. The van der Waals surface area contributed by atoms with Crippen molar-refractivity contribution in [2.75, 3.05) is 5.75 Å². The van der Waals surface area contributed by atoms with E-state index in [0.29, 0.717) is 5.56 Å². The highest BCUT2D eigenvalue weighted by Crippen LogP contribution is 2.30. The predicted molar refractivity (Wildman–Crippen MR) is 104 cm³/mol. The lowest BCUT2D eigenvalue weighted by Gasteiger charge is -2.36. The molecule has 2 aliphatic rings. The van der Waals surface area contributed by atoms with Crippen molar-refractivity contribution >= 4 is 28.8 Å². The van der Waals surface area contributed by atoms with E-state index in [9.17, 15) is 14.4 Å². The summed E-state index contributed by atoms with van der Waals surface area (Å²) in [5, 5.41) is 2.86. The average Bonchev–Trinajstić information content (AvgIpc) is 3.33. The van der Waals surface area contributed by atoms with Gasteiger partial charge in [-0.05, 0) is 49.2 Å². The smallest absolute Gasteiger partial charge is 0.289 e. The topological polar surface area (TPSA) is 71.4 Å². The Labute approximate surface area is 161 Å².